The van der Waals surface area contributed by atoms with Crippen LogP contribution in [0.4, 0.5) is 4.39 Å². The van der Waals surface area contributed by atoms with Crippen LogP contribution < -0.4 is 10.3 Å². The van der Waals surface area contributed by atoms with Gasteiger partial charge in [-0.3, -0.25) is 9.69 Å². The van der Waals surface area contributed by atoms with E-state index in [4.69, 9.17) is 14.2 Å². The van der Waals surface area contributed by atoms with Crippen molar-refractivity contribution in [2.45, 2.75) is 26.1 Å². The highest BCUT2D eigenvalue weighted by Gasteiger charge is 2.26. The molecule has 36 heavy (non-hydrogen) atoms. The Bertz CT molecular complexity index is 1300. The van der Waals surface area contributed by atoms with Gasteiger partial charge in [0.15, 0.2) is 0 Å². The maximum absolute atomic E-state index is 13.2. The van der Waals surface area contributed by atoms with Crippen LogP contribution in [-0.2, 0) is 35.6 Å². The molecule has 0 bridgehead atoms. The molecule has 1 aliphatic rings. The largest absolute Gasteiger partial charge is 0.488 e. The smallest absolute Gasteiger partial charge is 0.343 e. The summed E-state index contributed by atoms with van der Waals surface area (Å²) in [5.74, 6) is -1.19. The molecule has 0 N–H and O–H groups in total. The van der Waals surface area contributed by atoms with Gasteiger partial charge in [0.25, 0.3) is 5.56 Å². The van der Waals surface area contributed by atoms with Gasteiger partial charge < -0.3 is 18.8 Å². The molecule has 0 aliphatic carbocycles. The fraction of sp³-hybridized carbons (Fsp3) is 0.296. The number of benzene rings is 2. The topological polar surface area (TPSA) is 87.1 Å². The molecule has 0 radical (unpaired) electrons. The summed E-state index contributed by atoms with van der Waals surface area (Å²) in [6.45, 7) is 2.29. The van der Waals surface area contributed by atoms with E-state index in [9.17, 15) is 18.8 Å². The maximum Gasteiger partial charge on any atom is 0.343 e. The van der Waals surface area contributed by atoms with E-state index < -0.39 is 5.97 Å². The second-order valence-corrected chi connectivity index (χ2v) is 8.44. The van der Waals surface area contributed by atoms with Crippen LogP contribution in [0.25, 0.3) is 0 Å². The summed E-state index contributed by atoms with van der Waals surface area (Å²) in [6.07, 6.45) is 0.438. The van der Waals surface area contributed by atoms with E-state index in [1.165, 1.54) is 32.4 Å². The molecule has 2 aromatic carbocycles. The number of pyridine rings is 1. The van der Waals surface area contributed by atoms with Crippen LogP contribution >= 0.6 is 0 Å². The molecule has 8 nitrogen and oxygen atoms in total. The predicted octanol–water partition coefficient (Wildman–Crippen LogP) is 3.20. The zero-order valence-electron chi connectivity index (χ0n) is 20.2. The minimum atomic E-state index is -0.584. The molecular weight excluding hydrogens is 467 g/mol. The van der Waals surface area contributed by atoms with Crippen LogP contribution in [0.2, 0.25) is 0 Å². The SMILES string of the molecule is COC(=O)c1ccc(CN2CCc3c(C(=O)OC)c(OCc4ccc(F)cc4)cc(=O)n3CC2)cc1. The Morgan fingerprint density at radius 3 is 2.22 bits per heavy atom. The number of nitrogens with zero attached hydrogens (tertiary/aromatic N) is 2. The molecular formula is C27H27FN2O6. The lowest BCUT2D eigenvalue weighted by Gasteiger charge is -2.19. The quantitative estimate of drug-likeness (QED) is 0.466. The van der Waals surface area contributed by atoms with Crippen LogP contribution in [0.3, 0.4) is 0 Å². The molecule has 0 amide bonds. The van der Waals surface area contributed by atoms with Gasteiger partial charge in [-0.2, -0.15) is 0 Å². The first kappa shape index (κ1) is 25.1. The Kier molecular flexibility index (Phi) is 7.80. The van der Waals surface area contributed by atoms with E-state index in [2.05, 4.69) is 4.90 Å². The van der Waals surface area contributed by atoms with E-state index >= 15 is 0 Å². The van der Waals surface area contributed by atoms with Crippen molar-refractivity contribution in [1.29, 1.82) is 0 Å². The Hall–Kier alpha value is -3.98. The van der Waals surface area contributed by atoms with E-state index in [0.717, 1.165) is 5.56 Å². The number of halogens is 1. The van der Waals surface area contributed by atoms with Gasteiger partial charge in [-0.05, 0) is 35.4 Å². The number of rotatable bonds is 7. The summed E-state index contributed by atoms with van der Waals surface area (Å²) in [4.78, 5) is 39.6. The number of methoxy groups -OCH3 is 2. The van der Waals surface area contributed by atoms with E-state index in [1.807, 2.05) is 12.1 Å². The maximum atomic E-state index is 13.2. The molecule has 0 unspecified atom stereocenters. The minimum Gasteiger partial charge on any atom is -0.488 e. The molecule has 1 aromatic heterocycles. The van der Waals surface area contributed by atoms with Gasteiger partial charge in [-0.25, -0.2) is 14.0 Å². The fourth-order valence-corrected chi connectivity index (χ4v) is 4.25. The van der Waals surface area contributed by atoms with Gasteiger partial charge in [-0.1, -0.05) is 24.3 Å². The molecule has 0 fully saturated rings. The number of hydrogen-bond acceptors (Lipinski definition) is 7. The number of fused-ring (bicyclic) bond motifs is 1. The number of carbonyl (C=O) groups excluding carboxylic acids is 2. The highest BCUT2D eigenvalue weighted by Crippen LogP contribution is 2.25. The highest BCUT2D eigenvalue weighted by molar-refractivity contribution is 5.93. The fourth-order valence-electron chi connectivity index (χ4n) is 4.25. The first-order valence-corrected chi connectivity index (χ1v) is 11.5. The van der Waals surface area contributed by atoms with Crippen LogP contribution in [0.1, 0.15) is 37.5 Å². The Morgan fingerprint density at radius 2 is 1.56 bits per heavy atom. The zero-order valence-corrected chi connectivity index (χ0v) is 20.2. The van der Waals surface area contributed by atoms with Gasteiger partial charge in [-0.15, -0.1) is 0 Å². The number of ether oxygens (including phenoxy) is 3. The standard InChI is InChI=1S/C27H27FN2O6/c1-34-26(32)20-7-3-18(4-8-20)16-29-12-11-22-25(27(33)35-2)23(15-24(31)30(22)14-13-29)36-17-19-5-9-21(28)10-6-19/h3-10,15H,11-14,16-17H2,1-2H3. The lowest BCUT2D eigenvalue weighted by Crippen LogP contribution is -2.29. The third kappa shape index (κ3) is 5.63. The number of carbonyl (C=O) groups is 2. The van der Waals surface area contributed by atoms with E-state index in [-0.39, 0.29) is 35.3 Å². The summed E-state index contributed by atoms with van der Waals surface area (Å²) in [7, 11) is 2.63. The number of esters is 2. The van der Waals surface area contributed by atoms with Gasteiger partial charge >= 0.3 is 11.9 Å². The summed E-state index contributed by atoms with van der Waals surface area (Å²) >= 11 is 0. The summed E-state index contributed by atoms with van der Waals surface area (Å²) in [5.41, 5.74) is 2.71. The van der Waals surface area contributed by atoms with Crippen LogP contribution in [-0.4, -0.2) is 48.7 Å². The van der Waals surface area contributed by atoms with Gasteiger partial charge in [0.05, 0.1) is 19.8 Å². The summed E-state index contributed by atoms with van der Waals surface area (Å²) in [5, 5.41) is 0. The van der Waals surface area contributed by atoms with Crippen molar-refractivity contribution in [3.8, 4) is 5.75 Å². The Balaban J connectivity index is 1.55. The molecule has 188 valence electrons. The van der Waals surface area contributed by atoms with Gasteiger partial charge in [0, 0.05) is 44.4 Å². The van der Waals surface area contributed by atoms with Crippen molar-refractivity contribution in [1.82, 2.24) is 9.47 Å². The van der Waals surface area contributed by atoms with E-state index in [0.29, 0.717) is 49.4 Å². The van der Waals surface area contributed by atoms with Crippen molar-refractivity contribution in [2.24, 2.45) is 0 Å². The Labute approximate surface area is 207 Å². The normalized spacial score (nSPS) is 13.4. The molecule has 3 aromatic rings. The molecule has 1 aliphatic heterocycles. The average molecular weight is 495 g/mol. The second-order valence-electron chi connectivity index (χ2n) is 8.44. The van der Waals surface area contributed by atoms with Gasteiger partial charge in [0.2, 0.25) is 0 Å². The lowest BCUT2D eigenvalue weighted by atomic mass is 10.1. The predicted molar refractivity (Wildman–Crippen MR) is 130 cm³/mol. The summed E-state index contributed by atoms with van der Waals surface area (Å²) in [6, 6.07) is 14.3. The van der Waals surface area contributed by atoms with Gasteiger partial charge in [0.1, 0.15) is 23.7 Å². The minimum absolute atomic E-state index is 0.0703. The molecule has 0 saturated carbocycles. The third-order valence-electron chi connectivity index (χ3n) is 6.16. The zero-order chi connectivity index (χ0) is 25.7. The van der Waals surface area contributed by atoms with Crippen molar-refractivity contribution in [3.05, 3.63) is 98.7 Å². The molecule has 4 rings (SSSR count). The van der Waals surface area contributed by atoms with Crippen LogP contribution in [0, 0.1) is 5.82 Å². The number of hydrogen-bond donors (Lipinski definition) is 0. The first-order chi connectivity index (χ1) is 17.4. The molecule has 0 spiro atoms. The molecule has 2 heterocycles. The van der Waals surface area contributed by atoms with Crippen LogP contribution in [0.5, 0.6) is 5.75 Å². The number of aromatic nitrogens is 1. The molecule has 0 atom stereocenters. The van der Waals surface area contributed by atoms with E-state index in [1.54, 1.807) is 28.8 Å². The summed E-state index contributed by atoms with van der Waals surface area (Å²) < 4.78 is 30.4. The molecule has 9 heteroatoms. The average Bonchev–Trinajstić information content (AvgIpc) is 3.11. The first-order valence-electron chi connectivity index (χ1n) is 11.5. The molecule has 0 saturated heterocycles. The van der Waals surface area contributed by atoms with Crippen molar-refractivity contribution < 1.29 is 28.2 Å². The van der Waals surface area contributed by atoms with Crippen LogP contribution in [0.15, 0.2) is 59.4 Å². The monoisotopic (exact) mass is 494 g/mol. The van der Waals surface area contributed by atoms with Crippen molar-refractivity contribution >= 4 is 11.9 Å². The lowest BCUT2D eigenvalue weighted by molar-refractivity contribution is 0.0586. The second kappa shape index (κ2) is 11.2. The Morgan fingerprint density at radius 1 is 0.889 bits per heavy atom. The highest BCUT2D eigenvalue weighted by atomic mass is 19.1. The van der Waals surface area contributed by atoms with Crippen molar-refractivity contribution in [2.75, 3.05) is 27.3 Å². The third-order valence-corrected chi connectivity index (χ3v) is 6.16. The van der Waals surface area contributed by atoms with Crippen molar-refractivity contribution in [3.63, 3.8) is 0 Å².